The molecule has 0 fully saturated rings. The fourth-order valence-corrected chi connectivity index (χ4v) is 3.35. The molecule has 3 aromatic rings. The van der Waals surface area contributed by atoms with Gasteiger partial charge in [0.15, 0.2) is 0 Å². The lowest BCUT2D eigenvalue weighted by atomic mass is 9.94. The quantitative estimate of drug-likeness (QED) is 0.493. The molecule has 30 heavy (non-hydrogen) atoms. The Kier molecular flexibility index (Phi) is 5.73. The summed E-state index contributed by atoms with van der Waals surface area (Å²) in [6.45, 7) is 0.360. The highest BCUT2D eigenvalue weighted by molar-refractivity contribution is 5.98. The summed E-state index contributed by atoms with van der Waals surface area (Å²) in [7, 11) is 0. The van der Waals surface area contributed by atoms with E-state index in [1.54, 1.807) is 6.08 Å². The monoisotopic (exact) mass is 392 g/mol. The molecule has 4 rings (SSSR count). The Morgan fingerprint density at radius 1 is 0.967 bits per heavy atom. The van der Waals surface area contributed by atoms with Crippen LogP contribution in [-0.2, 0) is 11.3 Å². The number of nitrogens with zero attached hydrogens (tertiary/aromatic N) is 1. The van der Waals surface area contributed by atoms with Gasteiger partial charge in [-0.15, -0.1) is 0 Å². The maximum atomic E-state index is 12.6. The first-order valence-electron chi connectivity index (χ1n) is 9.71. The van der Waals surface area contributed by atoms with Crippen molar-refractivity contribution >= 4 is 12.0 Å². The molecule has 1 aliphatic rings. The standard InChI is InChI=1S/C26H20N2O2/c27-17-23(26(29)28-18-19-9-3-1-4-10-19)16-22-15-21-13-7-8-14-24(21)30-25(22)20-11-5-2-6-12-20/h1-16,25H,18H2,(H,28,29)/b23-16+. The number of rotatable bonds is 5. The summed E-state index contributed by atoms with van der Waals surface area (Å²) >= 11 is 0. The predicted molar refractivity (Wildman–Crippen MR) is 116 cm³/mol. The molecule has 0 aliphatic carbocycles. The van der Waals surface area contributed by atoms with Gasteiger partial charge in [-0.25, -0.2) is 0 Å². The molecule has 1 unspecified atom stereocenters. The molecule has 1 heterocycles. The van der Waals surface area contributed by atoms with Gasteiger partial charge in [0.05, 0.1) is 0 Å². The second-order valence-electron chi connectivity index (χ2n) is 6.93. The van der Waals surface area contributed by atoms with Gasteiger partial charge in [-0.2, -0.15) is 5.26 Å². The smallest absolute Gasteiger partial charge is 0.262 e. The van der Waals surface area contributed by atoms with Gasteiger partial charge in [0.25, 0.3) is 5.91 Å². The number of hydrogen-bond acceptors (Lipinski definition) is 3. The van der Waals surface area contributed by atoms with Crippen LogP contribution in [0.2, 0.25) is 0 Å². The summed E-state index contributed by atoms with van der Waals surface area (Å²) < 4.78 is 6.23. The van der Waals surface area contributed by atoms with Crippen molar-refractivity contribution in [2.24, 2.45) is 0 Å². The van der Waals surface area contributed by atoms with Gasteiger partial charge in [-0.3, -0.25) is 4.79 Å². The molecule has 0 saturated heterocycles. The van der Waals surface area contributed by atoms with Crippen LogP contribution in [0.25, 0.3) is 6.08 Å². The number of hydrogen-bond donors (Lipinski definition) is 1. The largest absolute Gasteiger partial charge is 0.480 e. The average molecular weight is 392 g/mol. The number of para-hydroxylation sites is 1. The number of nitriles is 1. The second-order valence-corrected chi connectivity index (χ2v) is 6.93. The SMILES string of the molecule is N#C/C(=C\C1=Cc2ccccc2OC1c1ccccc1)C(=O)NCc1ccccc1. The Balaban J connectivity index is 1.64. The van der Waals surface area contributed by atoms with Crippen molar-refractivity contribution in [2.45, 2.75) is 12.6 Å². The third-order valence-corrected chi connectivity index (χ3v) is 4.86. The maximum Gasteiger partial charge on any atom is 0.262 e. The topological polar surface area (TPSA) is 62.1 Å². The highest BCUT2D eigenvalue weighted by Crippen LogP contribution is 2.38. The lowest BCUT2D eigenvalue weighted by Crippen LogP contribution is -2.24. The van der Waals surface area contributed by atoms with Crippen molar-refractivity contribution in [2.75, 3.05) is 0 Å². The van der Waals surface area contributed by atoms with Gasteiger partial charge in [-0.05, 0) is 34.9 Å². The van der Waals surface area contributed by atoms with Crippen molar-refractivity contribution in [3.63, 3.8) is 0 Å². The summed E-state index contributed by atoms with van der Waals surface area (Å²) in [5.74, 6) is 0.364. The highest BCUT2D eigenvalue weighted by Gasteiger charge is 2.24. The lowest BCUT2D eigenvalue weighted by molar-refractivity contribution is -0.117. The molecule has 0 radical (unpaired) electrons. The molecule has 1 aliphatic heterocycles. The van der Waals surface area contributed by atoms with Crippen LogP contribution >= 0.6 is 0 Å². The summed E-state index contributed by atoms with van der Waals surface area (Å²) in [6.07, 6.45) is 3.19. The molecule has 4 heteroatoms. The Bertz CT molecular complexity index is 1140. The summed E-state index contributed by atoms with van der Waals surface area (Å²) in [4.78, 5) is 12.6. The van der Waals surface area contributed by atoms with Crippen LogP contribution in [0.5, 0.6) is 5.75 Å². The minimum absolute atomic E-state index is 0.0427. The molecular formula is C26H20N2O2. The predicted octanol–water partition coefficient (Wildman–Crippen LogP) is 4.97. The lowest BCUT2D eigenvalue weighted by Gasteiger charge is -2.26. The van der Waals surface area contributed by atoms with E-state index in [2.05, 4.69) is 5.32 Å². The van der Waals surface area contributed by atoms with Crippen LogP contribution < -0.4 is 10.1 Å². The number of amides is 1. The summed E-state index contributed by atoms with van der Waals surface area (Å²) in [5, 5.41) is 12.4. The number of ether oxygens (including phenoxy) is 1. The van der Waals surface area contributed by atoms with Crippen molar-refractivity contribution in [1.82, 2.24) is 5.32 Å². The second kappa shape index (κ2) is 8.93. The van der Waals surface area contributed by atoms with Gasteiger partial charge in [0, 0.05) is 12.1 Å². The van der Waals surface area contributed by atoms with Crippen molar-refractivity contribution in [1.29, 1.82) is 5.26 Å². The Morgan fingerprint density at radius 2 is 1.63 bits per heavy atom. The van der Waals surface area contributed by atoms with Gasteiger partial charge < -0.3 is 10.1 Å². The molecule has 1 amide bonds. The van der Waals surface area contributed by atoms with Crippen LogP contribution in [0.1, 0.15) is 22.8 Å². The van der Waals surface area contributed by atoms with Gasteiger partial charge in [-0.1, -0.05) is 78.9 Å². The molecule has 0 bridgehead atoms. The van der Waals surface area contributed by atoms with E-state index in [0.29, 0.717) is 6.54 Å². The molecule has 0 aromatic heterocycles. The van der Waals surface area contributed by atoms with E-state index in [9.17, 15) is 10.1 Å². The zero-order chi connectivity index (χ0) is 20.8. The molecule has 4 nitrogen and oxygen atoms in total. The number of carbonyl (C=O) groups excluding carboxylic acids is 1. The molecule has 1 atom stereocenters. The van der Waals surface area contributed by atoms with E-state index in [1.165, 1.54) is 0 Å². The summed E-state index contributed by atoms with van der Waals surface area (Å²) in [5.41, 5.74) is 3.64. The fraction of sp³-hybridized carbons (Fsp3) is 0.0769. The molecule has 146 valence electrons. The Labute approximate surface area is 175 Å². The van der Waals surface area contributed by atoms with Crippen LogP contribution in [0.15, 0.2) is 102 Å². The first kappa shape index (κ1) is 19.2. The third kappa shape index (κ3) is 4.31. The van der Waals surface area contributed by atoms with E-state index in [1.807, 2.05) is 97.1 Å². The Hall–Kier alpha value is -4.10. The minimum Gasteiger partial charge on any atom is -0.480 e. The molecule has 1 N–H and O–H groups in total. The van der Waals surface area contributed by atoms with Crippen LogP contribution in [0, 0.1) is 11.3 Å². The molecule has 0 spiro atoms. The average Bonchev–Trinajstić information content (AvgIpc) is 2.81. The Morgan fingerprint density at radius 3 is 2.37 bits per heavy atom. The zero-order valence-electron chi connectivity index (χ0n) is 16.3. The molecule has 3 aromatic carbocycles. The van der Waals surface area contributed by atoms with Gasteiger partial charge in [0.2, 0.25) is 0 Å². The van der Waals surface area contributed by atoms with E-state index >= 15 is 0 Å². The van der Waals surface area contributed by atoms with Gasteiger partial charge in [0.1, 0.15) is 23.5 Å². The number of nitrogens with one attached hydrogen (secondary N) is 1. The first-order chi connectivity index (χ1) is 14.7. The van der Waals surface area contributed by atoms with Gasteiger partial charge >= 0.3 is 0 Å². The number of carbonyl (C=O) groups is 1. The molecule has 0 saturated carbocycles. The van der Waals surface area contributed by atoms with Crippen molar-refractivity contribution in [3.8, 4) is 11.8 Å². The minimum atomic E-state index is -0.409. The zero-order valence-corrected chi connectivity index (χ0v) is 16.3. The first-order valence-corrected chi connectivity index (χ1v) is 9.71. The van der Waals surface area contributed by atoms with E-state index < -0.39 is 12.0 Å². The fourth-order valence-electron chi connectivity index (χ4n) is 3.35. The number of benzene rings is 3. The van der Waals surface area contributed by atoms with Crippen molar-refractivity contribution in [3.05, 3.63) is 119 Å². The normalized spacial score (nSPS) is 15.2. The summed E-state index contributed by atoms with van der Waals surface area (Å²) in [6, 6.07) is 29.1. The van der Waals surface area contributed by atoms with E-state index in [-0.39, 0.29) is 5.57 Å². The maximum absolute atomic E-state index is 12.6. The van der Waals surface area contributed by atoms with Crippen LogP contribution in [0.3, 0.4) is 0 Å². The molecular weight excluding hydrogens is 372 g/mol. The van der Waals surface area contributed by atoms with Crippen molar-refractivity contribution < 1.29 is 9.53 Å². The van der Waals surface area contributed by atoms with E-state index in [0.717, 1.165) is 28.0 Å². The van der Waals surface area contributed by atoms with Crippen LogP contribution in [-0.4, -0.2) is 5.91 Å². The number of fused-ring (bicyclic) bond motifs is 1. The third-order valence-electron chi connectivity index (χ3n) is 4.86. The highest BCUT2D eigenvalue weighted by atomic mass is 16.5. The van der Waals surface area contributed by atoms with Crippen LogP contribution in [0.4, 0.5) is 0 Å². The van der Waals surface area contributed by atoms with E-state index in [4.69, 9.17) is 4.74 Å².